The summed E-state index contributed by atoms with van der Waals surface area (Å²) in [6.45, 7) is 2.41. The lowest BCUT2D eigenvalue weighted by atomic mass is 9.98. The zero-order valence-corrected chi connectivity index (χ0v) is 18.6. The molecule has 172 valence electrons. The van der Waals surface area contributed by atoms with E-state index >= 15 is 0 Å². The zero-order valence-electron chi connectivity index (χ0n) is 18.6. The minimum Gasteiger partial charge on any atom is -0.480 e. The van der Waals surface area contributed by atoms with Crippen LogP contribution in [-0.2, 0) is 14.3 Å². The molecule has 1 aliphatic carbocycles. The first kappa shape index (κ1) is 22.6. The fourth-order valence-corrected chi connectivity index (χ4v) is 4.68. The number of alkyl carbamates (subject to hydrolysis) is 1. The molecule has 2 aromatic carbocycles. The van der Waals surface area contributed by atoms with Crippen LogP contribution in [0, 0.1) is 0 Å². The van der Waals surface area contributed by atoms with E-state index in [-0.39, 0.29) is 25.0 Å². The topological polar surface area (TPSA) is 95.9 Å². The van der Waals surface area contributed by atoms with Crippen LogP contribution in [0.25, 0.3) is 11.1 Å². The van der Waals surface area contributed by atoms with Crippen LogP contribution in [0.4, 0.5) is 4.79 Å². The Hall–Kier alpha value is -3.61. The predicted octanol–water partition coefficient (Wildman–Crippen LogP) is 3.94. The van der Waals surface area contributed by atoms with Crippen molar-refractivity contribution in [3.05, 3.63) is 71.3 Å². The number of benzene rings is 2. The van der Waals surface area contributed by atoms with Crippen molar-refractivity contribution < 1.29 is 24.2 Å². The maximum atomic E-state index is 12.7. The van der Waals surface area contributed by atoms with Gasteiger partial charge in [0.2, 0.25) is 5.91 Å². The highest BCUT2D eigenvalue weighted by atomic mass is 16.5. The molecular formula is C26H28N2O5. The molecule has 1 fully saturated rings. The molecule has 7 nitrogen and oxygen atoms in total. The highest BCUT2D eigenvalue weighted by molar-refractivity contribution is 5.95. The molecule has 7 heteroatoms. The number of ether oxygens (including phenoxy) is 1. The molecule has 0 saturated carbocycles. The highest BCUT2D eigenvalue weighted by Crippen LogP contribution is 2.44. The van der Waals surface area contributed by atoms with Gasteiger partial charge >= 0.3 is 12.1 Å². The number of nitrogens with one attached hydrogen (secondary N) is 1. The van der Waals surface area contributed by atoms with E-state index in [1.807, 2.05) is 24.3 Å². The number of nitrogens with zero attached hydrogens (tertiary/aromatic N) is 1. The maximum Gasteiger partial charge on any atom is 0.407 e. The number of hydrogen-bond donors (Lipinski definition) is 2. The Kier molecular flexibility index (Phi) is 6.77. The minimum absolute atomic E-state index is 0.0194. The average Bonchev–Trinajstić information content (AvgIpc) is 3.16. The van der Waals surface area contributed by atoms with Crippen molar-refractivity contribution in [2.75, 3.05) is 19.7 Å². The van der Waals surface area contributed by atoms with Crippen molar-refractivity contribution in [1.29, 1.82) is 0 Å². The van der Waals surface area contributed by atoms with E-state index in [2.05, 4.69) is 29.6 Å². The van der Waals surface area contributed by atoms with Crippen LogP contribution < -0.4 is 5.32 Å². The summed E-state index contributed by atoms with van der Waals surface area (Å²) in [6.07, 6.45) is 3.09. The number of hydrogen-bond acceptors (Lipinski definition) is 4. The van der Waals surface area contributed by atoms with E-state index in [9.17, 15) is 19.5 Å². The second-order valence-electron chi connectivity index (χ2n) is 8.44. The van der Waals surface area contributed by atoms with Gasteiger partial charge in [0.05, 0.1) is 0 Å². The molecule has 4 rings (SSSR count). The van der Waals surface area contributed by atoms with Crippen molar-refractivity contribution in [2.45, 2.75) is 38.1 Å². The van der Waals surface area contributed by atoms with Gasteiger partial charge in [-0.25, -0.2) is 9.59 Å². The Balaban J connectivity index is 1.31. The van der Waals surface area contributed by atoms with Gasteiger partial charge in [0, 0.05) is 24.6 Å². The number of carboxylic acid groups (broad SMARTS) is 1. The smallest absolute Gasteiger partial charge is 0.407 e. The lowest BCUT2D eigenvalue weighted by Gasteiger charge is -2.33. The molecule has 1 atom stereocenters. The number of carboxylic acids is 1. The largest absolute Gasteiger partial charge is 0.480 e. The van der Waals surface area contributed by atoms with Crippen molar-refractivity contribution >= 4 is 18.0 Å². The molecule has 33 heavy (non-hydrogen) atoms. The fourth-order valence-electron chi connectivity index (χ4n) is 4.68. The number of carbonyl (C=O) groups excluding carboxylic acids is 2. The third kappa shape index (κ3) is 4.77. The molecule has 0 bridgehead atoms. The third-order valence-corrected chi connectivity index (χ3v) is 6.38. The highest BCUT2D eigenvalue weighted by Gasteiger charge is 2.32. The van der Waals surface area contributed by atoms with E-state index in [0.29, 0.717) is 18.5 Å². The van der Waals surface area contributed by atoms with E-state index < -0.39 is 18.1 Å². The molecule has 0 radical (unpaired) electrons. The summed E-state index contributed by atoms with van der Waals surface area (Å²) in [4.78, 5) is 37.8. The van der Waals surface area contributed by atoms with Gasteiger partial charge in [-0.05, 0) is 48.4 Å². The lowest BCUT2D eigenvalue weighted by Crippen LogP contribution is -2.48. The third-order valence-electron chi connectivity index (χ3n) is 6.38. The van der Waals surface area contributed by atoms with Gasteiger partial charge in [-0.2, -0.15) is 0 Å². The molecule has 1 heterocycles. The SMILES string of the molecule is C/C(=C\CNC(=O)OCC1c2ccccc2-c2ccccc21)C(=O)N1CCCCC1C(=O)O. The zero-order chi connectivity index (χ0) is 23.4. The Labute approximate surface area is 193 Å². The molecule has 1 unspecified atom stereocenters. The van der Waals surface area contributed by atoms with E-state index in [1.165, 1.54) is 4.90 Å². The summed E-state index contributed by atoms with van der Waals surface area (Å²) in [5.74, 6) is -1.31. The van der Waals surface area contributed by atoms with Crippen molar-refractivity contribution in [2.24, 2.45) is 0 Å². The van der Waals surface area contributed by atoms with E-state index in [1.54, 1.807) is 13.0 Å². The summed E-state index contributed by atoms with van der Waals surface area (Å²) in [6, 6.07) is 15.5. The summed E-state index contributed by atoms with van der Waals surface area (Å²) in [5, 5.41) is 12.0. The molecule has 2 aromatic rings. The number of rotatable bonds is 6. The second kappa shape index (κ2) is 9.90. The van der Waals surface area contributed by atoms with Crippen LogP contribution in [-0.4, -0.2) is 53.7 Å². The van der Waals surface area contributed by atoms with Gasteiger partial charge in [-0.15, -0.1) is 0 Å². The summed E-state index contributed by atoms with van der Waals surface area (Å²) < 4.78 is 5.49. The first-order valence-electron chi connectivity index (χ1n) is 11.3. The van der Waals surface area contributed by atoms with Crippen molar-refractivity contribution in [3.8, 4) is 11.1 Å². The quantitative estimate of drug-likeness (QED) is 0.653. The number of likely N-dealkylation sites (tertiary alicyclic amines) is 1. The Morgan fingerprint density at radius 1 is 1.06 bits per heavy atom. The van der Waals surface area contributed by atoms with Crippen LogP contribution in [0.1, 0.15) is 43.2 Å². The van der Waals surface area contributed by atoms with Gasteiger partial charge in [-0.1, -0.05) is 54.6 Å². The van der Waals surface area contributed by atoms with Gasteiger partial charge in [0.1, 0.15) is 12.6 Å². The Bertz CT molecular complexity index is 1050. The van der Waals surface area contributed by atoms with Crippen LogP contribution in [0.2, 0.25) is 0 Å². The number of aliphatic carboxylic acids is 1. The molecule has 1 aliphatic heterocycles. The van der Waals surface area contributed by atoms with Crippen LogP contribution >= 0.6 is 0 Å². The molecule has 2 aliphatic rings. The molecule has 2 N–H and O–H groups in total. The van der Waals surface area contributed by atoms with Crippen molar-refractivity contribution in [3.63, 3.8) is 0 Å². The fraction of sp³-hybridized carbons (Fsp3) is 0.346. The monoisotopic (exact) mass is 448 g/mol. The normalized spacial score (nSPS) is 17.8. The van der Waals surface area contributed by atoms with Crippen LogP contribution in [0.5, 0.6) is 0 Å². The van der Waals surface area contributed by atoms with Crippen molar-refractivity contribution in [1.82, 2.24) is 10.2 Å². The maximum absolute atomic E-state index is 12.7. The Morgan fingerprint density at radius 2 is 1.70 bits per heavy atom. The minimum atomic E-state index is -0.979. The number of carbonyl (C=O) groups is 3. The van der Waals surface area contributed by atoms with Gasteiger partial charge < -0.3 is 20.1 Å². The lowest BCUT2D eigenvalue weighted by molar-refractivity contribution is -0.150. The number of fused-ring (bicyclic) bond motifs is 3. The molecule has 1 saturated heterocycles. The average molecular weight is 449 g/mol. The predicted molar refractivity (Wildman–Crippen MR) is 124 cm³/mol. The molecule has 2 amide bonds. The summed E-state index contributed by atoms with van der Waals surface area (Å²) in [7, 11) is 0. The number of piperidine rings is 1. The van der Waals surface area contributed by atoms with E-state index in [4.69, 9.17) is 4.74 Å². The molecule has 0 spiro atoms. The standard InChI is InChI=1S/C26H28N2O5/c1-17(24(29)28-15-7-6-12-23(28)25(30)31)13-14-27-26(32)33-16-22-20-10-4-2-8-18(20)19-9-3-5-11-21(19)22/h2-5,8-11,13,22-23H,6-7,12,14-16H2,1H3,(H,27,32)(H,30,31)/b17-13+. The summed E-state index contributed by atoms with van der Waals surface area (Å²) >= 11 is 0. The number of amides is 2. The van der Waals surface area contributed by atoms with Crippen LogP contribution in [0.3, 0.4) is 0 Å². The molecule has 0 aromatic heterocycles. The van der Waals surface area contributed by atoms with E-state index in [0.717, 1.165) is 35.1 Å². The Morgan fingerprint density at radius 3 is 2.33 bits per heavy atom. The van der Waals surface area contributed by atoms with Gasteiger partial charge in [-0.3, -0.25) is 4.79 Å². The first-order chi connectivity index (χ1) is 16.0. The molecular weight excluding hydrogens is 420 g/mol. The first-order valence-corrected chi connectivity index (χ1v) is 11.3. The second-order valence-corrected chi connectivity index (χ2v) is 8.44. The van der Waals surface area contributed by atoms with Crippen LogP contribution in [0.15, 0.2) is 60.2 Å². The summed E-state index contributed by atoms with van der Waals surface area (Å²) in [5.41, 5.74) is 5.01. The van der Waals surface area contributed by atoms with Gasteiger partial charge in [0.25, 0.3) is 0 Å². The van der Waals surface area contributed by atoms with Gasteiger partial charge in [0.15, 0.2) is 0 Å².